The van der Waals surface area contributed by atoms with Gasteiger partial charge in [0, 0.05) is 47.3 Å². The number of nitrogens with zero attached hydrogens (tertiary/aromatic N) is 1. The summed E-state index contributed by atoms with van der Waals surface area (Å²) >= 11 is 12.7. The minimum atomic E-state index is 0.546. The van der Waals surface area contributed by atoms with Crippen LogP contribution in [-0.4, -0.2) is 30.1 Å². The predicted molar refractivity (Wildman–Crippen MR) is 92.2 cm³/mol. The van der Waals surface area contributed by atoms with Gasteiger partial charge in [0.05, 0.1) is 0 Å². The molecule has 1 aromatic carbocycles. The predicted octanol–water partition coefficient (Wildman–Crippen LogP) is 4.59. The highest BCUT2D eigenvalue weighted by Crippen LogP contribution is 2.29. The third-order valence-electron chi connectivity index (χ3n) is 4.76. The van der Waals surface area contributed by atoms with E-state index >= 15 is 0 Å². The summed E-state index contributed by atoms with van der Waals surface area (Å²) in [5.74, 6) is 0.663. The van der Waals surface area contributed by atoms with E-state index in [-0.39, 0.29) is 0 Å². The molecule has 118 valence electrons. The monoisotopic (exact) mass is 328 g/mol. The number of hydrogen-bond donors (Lipinski definition) is 1. The third-order valence-corrected chi connectivity index (χ3v) is 5.46. The van der Waals surface area contributed by atoms with Crippen LogP contribution in [-0.2, 0) is 6.54 Å². The van der Waals surface area contributed by atoms with Crippen molar-refractivity contribution in [2.45, 2.75) is 52.2 Å². The molecule has 0 amide bonds. The van der Waals surface area contributed by atoms with Crippen molar-refractivity contribution in [1.82, 2.24) is 10.2 Å². The van der Waals surface area contributed by atoms with Crippen molar-refractivity contribution >= 4 is 23.2 Å². The maximum absolute atomic E-state index is 6.35. The SMILES string of the molecule is CCC1CN(Cc2c(Cl)cccc2Cl)C(C(C)CC)CN1. The summed E-state index contributed by atoms with van der Waals surface area (Å²) < 4.78 is 0. The second kappa shape index (κ2) is 7.82. The molecule has 1 saturated heterocycles. The molecule has 1 aliphatic heterocycles. The number of halogens is 2. The lowest BCUT2D eigenvalue weighted by Gasteiger charge is -2.43. The molecule has 2 rings (SSSR count). The molecule has 21 heavy (non-hydrogen) atoms. The van der Waals surface area contributed by atoms with Gasteiger partial charge < -0.3 is 5.32 Å². The first-order chi connectivity index (χ1) is 10.1. The number of rotatable bonds is 5. The largest absolute Gasteiger partial charge is 0.311 e. The van der Waals surface area contributed by atoms with Gasteiger partial charge in [-0.1, -0.05) is 56.5 Å². The zero-order valence-electron chi connectivity index (χ0n) is 13.2. The molecule has 1 fully saturated rings. The van der Waals surface area contributed by atoms with Crippen molar-refractivity contribution < 1.29 is 0 Å². The fourth-order valence-electron chi connectivity index (χ4n) is 3.07. The van der Waals surface area contributed by atoms with Crippen LogP contribution in [0.1, 0.15) is 39.2 Å². The molecule has 1 aliphatic rings. The fraction of sp³-hybridized carbons (Fsp3) is 0.647. The lowest BCUT2D eigenvalue weighted by molar-refractivity contribution is 0.0833. The molecule has 0 spiro atoms. The molecule has 0 bridgehead atoms. The number of nitrogens with one attached hydrogen (secondary N) is 1. The Labute approximate surface area is 138 Å². The number of hydrogen-bond acceptors (Lipinski definition) is 2. The summed E-state index contributed by atoms with van der Waals surface area (Å²) in [6.07, 6.45) is 2.34. The summed E-state index contributed by atoms with van der Waals surface area (Å²) in [5, 5.41) is 5.22. The van der Waals surface area contributed by atoms with Gasteiger partial charge in [-0.3, -0.25) is 4.90 Å². The van der Waals surface area contributed by atoms with E-state index in [1.807, 2.05) is 18.2 Å². The molecular formula is C17H26Cl2N2. The second-order valence-corrected chi connectivity index (χ2v) is 6.91. The zero-order valence-corrected chi connectivity index (χ0v) is 14.7. The quantitative estimate of drug-likeness (QED) is 0.850. The molecular weight excluding hydrogens is 303 g/mol. The lowest BCUT2D eigenvalue weighted by atomic mass is 9.93. The normalized spacial score (nSPS) is 25.0. The summed E-state index contributed by atoms with van der Waals surface area (Å²) in [6, 6.07) is 6.88. The van der Waals surface area contributed by atoms with Crippen LogP contribution in [0.5, 0.6) is 0 Å². The summed E-state index contributed by atoms with van der Waals surface area (Å²) in [5.41, 5.74) is 1.06. The number of piperazine rings is 1. The topological polar surface area (TPSA) is 15.3 Å². The molecule has 0 aromatic heterocycles. The van der Waals surface area contributed by atoms with Gasteiger partial charge in [-0.25, -0.2) is 0 Å². The third kappa shape index (κ3) is 4.13. The van der Waals surface area contributed by atoms with Crippen molar-refractivity contribution in [3.63, 3.8) is 0 Å². The first-order valence-electron chi connectivity index (χ1n) is 7.97. The van der Waals surface area contributed by atoms with Gasteiger partial charge in [-0.05, 0) is 24.5 Å². The standard InChI is InChI=1S/C17H26Cl2N2/c1-4-12(3)17-9-20-13(5-2)10-21(17)11-14-15(18)7-6-8-16(14)19/h6-8,12-13,17,20H,4-5,9-11H2,1-3H3. The zero-order chi connectivity index (χ0) is 15.4. The summed E-state index contributed by atoms with van der Waals surface area (Å²) in [6.45, 7) is 9.79. The molecule has 1 heterocycles. The van der Waals surface area contributed by atoms with Gasteiger partial charge in [-0.15, -0.1) is 0 Å². The van der Waals surface area contributed by atoms with Crippen molar-refractivity contribution in [3.8, 4) is 0 Å². The minimum absolute atomic E-state index is 0.546. The van der Waals surface area contributed by atoms with E-state index in [2.05, 4.69) is 31.0 Å². The van der Waals surface area contributed by atoms with Gasteiger partial charge in [0.2, 0.25) is 0 Å². The van der Waals surface area contributed by atoms with Crippen LogP contribution in [0.2, 0.25) is 10.0 Å². The Balaban J connectivity index is 2.19. The molecule has 3 atom stereocenters. The Hall–Kier alpha value is -0.280. The molecule has 0 radical (unpaired) electrons. The van der Waals surface area contributed by atoms with Crippen LogP contribution in [0.15, 0.2) is 18.2 Å². The van der Waals surface area contributed by atoms with Gasteiger partial charge in [0.15, 0.2) is 0 Å². The van der Waals surface area contributed by atoms with Gasteiger partial charge in [-0.2, -0.15) is 0 Å². The second-order valence-electron chi connectivity index (χ2n) is 6.10. The summed E-state index contributed by atoms with van der Waals surface area (Å²) in [4.78, 5) is 2.56. The Bertz CT molecular complexity index is 444. The van der Waals surface area contributed by atoms with Crippen LogP contribution < -0.4 is 5.32 Å². The highest BCUT2D eigenvalue weighted by Gasteiger charge is 2.30. The smallest absolute Gasteiger partial charge is 0.0465 e. The molecule has 1 aromatic rings. The van der Waals surface area contributed by atoms with Crippen LogP contribution in [0.4, 0.5) is 0 Å². The maximum atomic E-state index is 6.35. The number of benzene rings is 1. The lowest BCUT2D eigenvalue weighted by Crippen LogP contribution is -2.57. The molecule has 0 saturated carbocycles. The van der Waals surface area contributed by atoms with E-state index in [4.69, 9.17) is 23.2 Å². The van der Waals surface area contributed by atoms with E-state index in [0.29, 0.717) is 18.0 Å². The fourth-order valence-corrected chi connectivity index (χ4v) is 3.59. The molecule has 3 unspecified atom stereocenters. The maximum Gasteiger partial charge on any atom is 0.0465 e. The van der Waals surface area contributed by atoms with E-state index < -0.39 is 0 Å². The minimum Gasteiger partial charge on any atom is -0.311 e. The first-order valence-corrected chi connectivity index (χ1v) is 8.72. The summed E-state index contributed by atoms with van der Waals surface area (Å²) in [7, 11) is 0. The van der Waals surface area contributed by atoms with Crippen molar-refractivity contribution in [2.24, 2.45) is 5.92 Å². The Morgan fingerprint density at radius 2 is 1.95 bits per heavy atom. The Morgan fingerprint density at radius 3 is 2.52 bits per heavy atom. The molecule has 1 N–H and O–H groups in total. The van der Waals surface area contributed by atoms with Gasteiger partial charge >= 0.3 is 0 Å². The van der Waals surface area contributed by atoms with Crippen LogP contribution in [0, 0.1) is 5.92 Å². The Kier molecular flexibility index (Phi) is 6.36. The van der Waals surface area contributed by atoms with Crippen molar-refractivity contribution in [3.05, 3.63) is 33.8 Å². The average Bonchev–Trinajstić information content (AvgIpc) is 2.50. The van der Waals surface area contributed by atoms with Gasteiger partial charge in [0.25, 0.3) is 0 Å². The van der Waals surface area contributed by atoms with E-state index in [9.17, 15) is 0 Å². The highest BCUT2D eigenvalue weighted by atomic mass is 35.5. The van der Waals surface area contributed by atoms with Crippen molar-refractivity contribution in [2.75, 3.05) is 13.1 Å². The van der Waals surface area contributed by atoms with Crippen LogP contribution >= 0.6 is 23.2 Å². The Morgan fingerprint density at radius 1 is 1.29 bits per heavy atom. The average molecular weight is 329 g/mol. The van der Waals surface area contributed by atoms with Crippen LogP contribution in [0.25, 0.3) is 0 Å². The van der Waals surface area contributed by atoms with E-state index in [1.54, 1.807) is 0 Å². The van der Waals surface area contributed by atoms with Crippen molar-refractivity contribution in [1.29, 1.82) is 0 Å². The van der Waals surface area contributed by atoms with E-state index in [0.717, 1.165) is 41.7 Å². The molecule has 2 nitrogen and oxygen atoms in total. The first kappa shape index (κ1) is 17.1. The van der Waals surface area contributed by atoms with Crippen LogP contribution in [0.3, 0.4) is 0 Å². The van der Waals surface area contributed by atoms with E-state index in [1.165, 1.54) is 6.42 Å². The molecule has 4 heteroatoms. The van der Waals surface area contributed by atoms with Gasteiger partial charge in [0.1, 0.15) is 0 Å². The molecule has 0 aliphatic carbocycles. The highest BCUT2D eigenvalue weighted by molar-refractivity contribution is 6.35.